The van der Waals surface area contributed by atoms with E-state index in [0.717, 1.165) is 0 Å². The van der Waals surface area contributed by atoms with E-state index in [1.54, 1.807) is 6.92 Å². The number of hydrogen-bond donors (Lipinski definition) is 2. The fourth-order valence-electron chi connectivity index (χ4n) is 1.84. The number of carbonyl (C=O) groups is 1. The summed E-state index contributed by atoms with van der Waals surface area (Å²) < 4.78 is 32.1. The molecule has 0 heterocycles. The molecular formula is C13H18ClNO5S. The largest absolute Gasteiger partial charge is 0.478 e. The molecule has 0 saturated heterocycles. The average Bonchev–Trinajstić information content (AvgIpc) is 2.37. The molecule has 1 aromatic carbocycles. The standard InChI is InChI=1S/C13H18ClNO5S/c1-8(4-5-20-3)15-21(18,19)12-7-10(14)6-11(9(12)2)13(16)17/h6-8,15H,4-5H2,1-3H3,(H,16,17). The highest BCUT2D eigenvalue weighted by atomic mass is 35.5. The van der Waals surface area contributed by atoms with Crippen molar-refractivity contribution in [2.45, 2.75) is 31.2 Å². The summed E-state index contributed by atoms with van der Waals surface area (Å²) in [6, 6.07) is 2.13. The number of aromatic carboxylic acids is 1. The van der Waals surface area contributed by atoms with Crippen molar-refractivity contribution in [3.8, 4) is 0 Å². The Labute approximate surface area is 129 Å². The van der Waals surface area contributed by atoms with Crippen molar-refractivity contribution in [3.05, 3.63) is 28.3 Å². The number of nitrogens with one attached hydrogen (secondary N) is 1. The van der Waals surface area contributed by atoms with Crippen molar-refractivity contribution < 1.29 is 23.1 Å². The number of carboxylic acids is 1. The molecule has 1 rings (SSSR count). The van der Waals surface area contributed by atoms with E-state index in [1.165, 1.54) is 26.2 Å². The molecule has 6 nitrogen and oxygen atoms in total. The van der Waals surface area contributed by atoms with E-state index in [4.69, 9.17) is 21.4 Å². The highest BCUT2D eigenvalue weighted by molar-refractivity contribution is 7.89. The highest BCUT2D eigenvalue weighted by Crippen LogP contribution is 2.24. The number of rotatable bonds is 7. The van der Waals surface area contributed by atoms with Gasteiger partial charge in [-0.05, 0) is 38.0 Å². The van der Waals surface area contributed by atoms with Crippen LogP contribution in [-0.2, 0) is 14.8 Å². The molecule has 1 atom stereocenters. The Balaban J connectivity index is 3.17. The van der Waals surface area contributed by atoms with Crippen molar-refractivity contribution in [1.82, 2.24) is 4.72 Å². The lowest BCUT2D eigenvalue weighted by molar-refractivity contribution is 0.0696. The maximum Gasteiger partial charge on any atom is 0.336 e. The number of methoxy groups -OCH3 is 1. The van der Waals surface area contributed by atoms with Crippen LogP contribution in [0.4, 0.5) is 0 Å². The molecule has 0 aliphatic heterocycles. The quantitative estimate of drug-likeness (QED) is 0.795. The van der Waals surface area contributed by atoms with Gasteiger partial charge in [0.15, 0.2) is 0 Å². The molecule has 0 spiro atoms. The molecule has 21 heavy (non-hydrogen) atoms. The lowest BCUT2D eigenvalue weighted by atomic mass is 10.1. The van der Waals surface area contributed by atoms with Gasteiger partial charge in [-0.1, -0.05) is 11.6 Å². The van der Waals surface area contributed by atoms with Gasteiger partial charge in [0.05, 0.1) is 10.5 Å². The minimum absolute atomic E-state index is 0.0583. The number of carboxylic acid groups (broad SMARTS) is 1. The number of ether oxygens (including phenoxy) is 1. The van der Waals surface area contributed by atoms with Gasteiger partial charge in [-0.3, -0.25) is 0 Å². The first kappa shape index (κ1) is 17.9. The maximum absolute atomic E-state index is 12.4. The molecule has 118 valence electrons. The molecule has 0 radical (unpaired) electrons. The third kappa shape index (κ3) is 4.67. The van der Waals surface area contributed by atoms with E-state index in [-0.39, 0.29) is 27.1 Å². The van der Waals surface area contributed by atoms with Crippen LogP contribution in [0.15, 0.2) is 17.0 Å². The van der Waals surface area contributed by atoms with Crippen LogP contribution in [0.3, 0.4) is 0 Å². The number of sulfonamides is 1. The van der Waals surface area contributed by atoms with Crippen LogP contribution in [0.5, 0.6) is 0 Å². The lowest BCUT2D eigenvalue weighted by Crippen LogP contribution is -2.34. The van der Waals surface area contributed by atoms with E-state index >= 15 is 0 Å². The molecule has 1 unspecified atom stereocenters. The maximum atomic E-state index is 12.4. The van der Waals surface area contributed by atoms with Crippen molar-refractivity contribution in [2.75, 3.05) is 13.7 Å². The fraction of sp³-hybridized carbons (Fsp3) is 0.462. The first-order chi connectivity index (χ1) is 9.69. The second-order valence-corrected chi connectivity index (χ2v) is 6.80. The number of benzene rings is 1. The monoisotopic (exact) mass is 335 g/mol. The molecule has 0 aliphatic carbocycles. The molecule has 0 aromatic heterocycles. The highest BCUT2D eigenvalue weighted by Gasteiger charge is 2.23. The van der Waals surface area contributed by atoms with E-state index in [0.29, 0.717) is 13.0 Å². The van der Waals surface area contributed by atoms with Crippen LogP contribution in [0.1, 0.15) is 29.3 Å². The van der Waals surface area contributed by atoms with E-state index in [9.17, 15) is 13.2 Å². The third-order valence-electron chi connectivity index (χ3n) is 2.96. The summed E-state index contributed by atoms with van der Waals surface area (Å²) in [5.41, 5.74) is 0.0192. The fourth-order valence-corrected chi connectivity index (χ4v) is 3.69. The first-order valence-corrected chi connectivity index (χ1v) is 8.10. The van der Waals surface area contributed by atoms with Gasteiger partial charge in [0, 0.05) is 24.8 Å². The lowest BCUT2D eigenvalue weighted by Gasteiger charge is -2.16. The normalized spacial score (nSPS) is 13.1. The summed E-state index contributed by atoms with van der Waals surface area (Å²) in [6.45, 7) is 3.56. The van der Waals surface area contributed by atoms with Gasteiger partial charge >= 0.3 is 5.97 Å². The molecule has 2 N–H and O–H groups in total. The summed E-state index contributed by atoms with van der Waals surface area (Å²) in [6.07, 6.45) is 0.501. The second-order valence-electron chi connectivity index (χ2n) is 4.69. The van der Waals surface area contributed by atoms with Gasteiger partial charge in [0.1, 0.15) is 0 Å². The predicted octanol–water partition coefficient (Wildman–Crippen LogP) is 2.05. The zero-order valence-corrected chi connectivity index (χ0v) is 13.6. The molecule has 0 amide bonds. The molecule has 8 heteroatoms. The van der Waals surface area contributed by atoms with Crippen LogP contribution < -0.4 is 4.72 Å². The van der Waals surface area contributed by atoms with Gasteiger partial charge < -0.3 is 9.84 Å². The summed E-state index contributed by atoms with van der Waals surface area (Å²) >= 11 is 5.82. The van der Waals surface area contributed by atoms with Crippen LogP contribution in [0, 0.1) is 6.92 Å². The predicted molar refractivity (Wildman–Crippen MR) is 79.4 cm³/mol. The first-order valence-electron chi connectivity index (χ1n) is 6.23. The molecule has 1 aromatic rings. The van der Waals surface area contributed by atoms with Gasteiger partial charge in [0.25, 0.3) is 0 Å². The Morgan fingerprint density at radius 3 is 2.62 bits per heavy atom. The van der Waals surface area contributed by atoms with Gasteiger partial charge in [-0.15, -0.1) is 0 Å². The van der Waals surface area contributed by atoms with Crippen LogP contribution >= 0.6 is 11.6 Å². The molecular weight excluding hydrogens is 318 g/mol. The minimum atomic E-state index is -3.85. The Kier molecular flexibility index (Phi) is 6.15. The smallest absolute Gasteiger partial charge is 0.336 e. The van der Waals surface area contributed by atoms with Crippen molar-refractivity contribution in [1.29, 1.82) is 0 Å². The summed E-state index contributed by atoms with van der Waals surface area (Å²) in [4.78, 5) is 11.0. The number of hydrogen-bond acceptors (Lipinski definition) is 4. The van der Waals surface area contributed by atoms with Crippen LogP contribution in [0.2, 0.25) is 5.02 Å². The Bertz CT molecular complexity index is 630. The average molecular weight is 336 g/mol. The van der Waals surface area contributed by atoms with Crippen LogP contribution in [0.25, 0.3) is 0 Å². The Morgan fingerprint density at radius 2 is 2.10 bits per heavy atom. The molecule has 0 bridgehead atoms. The van der Waals surface area contributed by atoms with Crippen molar-refractivity contribution in [2.24, 2.45) is 0 Å². The van der Waals surface area contributed by atoms with Crippen molar-refractivity contribution in [3.63, 3.8) is 0 Å². The minimum Gasteiger partial charge on any atom is -0.478 e. The summed E-state index contributed by atoms with van der Waals surface area (Å²) in [5.74, 6) is -1.22. The van der Waals surface area contributed by atoms with Gasteiger partial charge in [0.2, 0.25) is 10.0 Å². The van der Waals surface area contributed by atoms with Crippen molar-refractivity contribution >= 4 is 27.6 Å². The van der Waals surface area contributed by atoms with Gasteiger partial charge in [-0.25, -0.2) is 17.9 Å². The number of halogens is 1. The summed E-state index contributed by atoms with van der Waals surface area (Å²) in [5, 5.41) is 9.15. The SMILES string of the molecule is COCCC(C)NS(=O)(=O)c1cc(Cl)cc(C(=O)O)c1C. The van der Waals surface area contributed by atoms with Gasteiger partial charge in [-0.2, -0.15) is 0 Å². The third-order valence-corrected chi connectivity index (χ3v) is 4.89. The van der Waals surface area contributed by atoms with E-state index in [2.05, 4.69) is 4.72 Å². The zero-order valence-electron chi connectivity index (χ0n) is 12.0. The molecule has 0 aliphatic rings. The zero-order chi connectivity index (χ0) is 16.2. The summed E-state index contributed by atoms with van der Waals surface area (Å²) in [7, 11) is -2.32. The van der Waals surface area contributed by atoms with E-state index in [1.807, 2.05) is 0 Å². The second kappa shape index (κ2) is 7.22. The molecule has 0 fully saturated rings. The topological polar surface area (TPSA) is 92.7 Å². The van der Waals surface area contributed by atoms with E-state index < -0.39 is 16.0 Å². The Morgan fingerprint density at radius 1 is 1.48 bits per heavy atom. The molecule has 0 saturated carbocycles. The Hall–Kier alpha value is -1.15. The van der Waals surface area contributed by atoms with Crippen LogP contribution in [-0.4, -0.2) is 39.3 Å².